The molecule has 0 aliphatic heterocycles. The number of hydrogen-bond donors (Lipinski definition) is 3. The molecule has 0 heterocycles. The Bertz CT molecular complexity index is 62.2. The van der Waals surface area contributed by atoms with Crippen molar-refractivity contribution < 1.29 is 57.9 Å². The molecule has 8 heteroatoms. The summed E-state index contributed by atoms with van der Waals surface area (Å²) in [5.41, 5.74) is 0. The Kier molecular flexibility index (Phi) is 32.2. The second kappa shape index (κ2) is 11.3. The summed E-state index contributed by atoms with van der Waals surface area (Å²) in [6.07, 6.45) is 0. The van der Waals surface area contributed by atoms with Crippen molar-refractivity contribution in [2.24, 2.45) is 0 Å². The molecule has 0 atom stereocenters. The first-order chi connectivity index (χ1) is 2.00. The van der Waals surface area contributed by atoms with Gasteiger partial charge in [0.25, 0.3) is 0 Å². The van der Waals surface area contributed by atoms with Gasteiger partial charge in [0.1, 0.15) is 0 Å². The Morgan fingerprint density at radius 2 is 1.12 bits per heavy atom. The van der Waals surface area contributed by atoms with Crippen LogP contribution in [-0.2, 0) is 4.57 Å². The van der Waals surface area contributed by atoms with Gasteiger partial charge in [0.05, 0.1) is 0 Å². The van der Waals surface area contributed by atoms with E-state index in [1.807, 2.05) is 0 Å². The van der Waals surface area contributed by atoms with Gasteiger partial charge < -0.3 is 14.7 Å². The van der Waals surface area contributed by atoms with Gasteiger partial charge in [-0.3, -0.25) is 0 Å². The van der Waals surface area contributed by atoms with Crippen molar-refractivity contribution in [2.45, 2.75) is 0 Å². The fraction of sp³-hybridized carbons (Fsp3) is 0. The molecular formula is H6CaKO4PTb. The molecular weight excluding hydrogens is 333 g/mol. The van der Waals surface area contributed by atoms with E-state index in [0.29, 0.717) is 0 Å². The van der Waals surface area contributed by atoms with Crippen LogP contribution in [-0.4, -0.2) is 104 Å². The van der Waals surface area contributed by atoms with Gasteiger partial charge in [-0.1, -0.05) is 0 Å². The minimum atomic E-state index is -4.64. The van der Waals surface area contributed by atoms with Crippen LogP contribution in [0.5, 0.6) is 0 Å². The summed E-state index contributed by atoms with van der Waals surface area (Å²) >= 11 is 0. The van der Waals surface area contributed by atoms with Crippen molar-refractivity contribution in [1.29, 1.82) is 0 Å². The smallest absolute Gasteiger partial charge is 0 e. The minimum absolute atomic E-state index is 0. The quantitative estimate of drug-likeness (QED) is 0.337. The summed E-state index contributed by atoms with van der Waals surface area (Å²) in [6, 6.07) is 0. The van der Waals surface area contributed by atoms with Gasteiger partial charge >= 0.3 is 96.9 Å². The van der Waals surface area contributed by atoms with Crippen LogP contribution in [0, 0.1) is 38.6 Å². The maximum atomic E-state index is 8.88. The van der Waals surface area contributed by atoms with Gasteiger partial charge in [-0.2, -0.15) is 0 Å². The zero-order valence-electron chi connectivity index (χ0n) is 2.53. The Morgan fingerprint density at radius 1 is 1.12 bits per heavy atom. The monoisotopic (exact) mass is 339 g/mol. The van der Waals surface area contributed by atoms with Crippen molar-refractivity contribution >= 4 is 96.9 Å². The number of phosphoric acid groups is 1. The molecule has 8 heavy (non-hydrogen) atoms. The third kappa shape index (κ3) is 48.2. The van der Waals surface area contributed by atoms with Crippen LogP contribution in [0.1, 0.15) is 0 Å². The van der Waals surface area contributed by atoms with E-state index in [2.05, 4.69) is 0 Å². The zero-order valence-corrected chi connectivity index (χ0v) is 5.56. The molecule has 0 rings (SSSR count). The summed E-state index contributed by atoms with van der Waals surface area (Å²) in [5, 5.41) is 0. The molecule has 0 fully saturated rings. The van der Waals surface area contributed by atoms with Crippen LogP contribution < -0.4 is 0 Å². The van der Waals surface area contributed by atoms with E-state index in [-0.39, 0.29) is 128 Å². The van der Waals surface area contributed by atoms with Crippen LogP contribution >= 0.6 is 7.82 Å². The molecule has 0 amide bonds. The van der Waals surface area contributed by atoms with Crippen LogP contribution in [0.3, 0.4) is 0 Å². The van der Waals surface area contributed by atoms with E-state index in [1.165, 1.54) is 0 Å². The number of hydrogen-bond acceptors (Lipinski definition) is 1. The third-order valence-corrected chi connectivity index (χ3v) is 0. The fourth-order valence-electron chi connectivity index (χ4n) is 0. The van der Waals surface area contributed by atoms with Crippen LogP contribution in [0.15, 0.2) is 0 Å². The molecule has 0 aromatic carbocycles. The fourth-order valence-corrected chi connectivity index (χ4v) is 0. The summed E-state index contributed by atoms with van der Waals surface area (Å²) < 4.78 is 8.88. The largest absolute Gasteiger partial charge is 0 e. The molecule has 47 valence electrons. The van der Waals surface area contributed by atoms with E-state index < -0.39 is 7.82 Å². The molecule has 0 bridgehead atoms. The zero-order chi connectivity index (χ0) is 4.50. The molecule has 0 aliphatic carbocycles. The van der Waals surface area contributed by atoms with E-state index >= 15 is 0 Å². The predicted molar refractivity (Wildman–Crippen MR) is 30.0 cm³/mol. The summed E-state index contributed by atoms with van der Waals surface area (Å²) in [6.45, 7) is 0. The molecule has 0 aliphatic rings. The van der Waals surface area contributed by atoms with Crippen molar-refractivity contribution in [3.05, 3.63) is 0 Å². The molecule has 1 radical (unpaired) electrons. The summed E-state index contributed by atoms with van der Waals surface area (Å²) in [7, 11) is -4.64. The van der Waals surface area contributed by atoms with E-state index in [0.717, 1.165) is 0 Å². The van der Waals surface area contributed by atoms with Gasteiger partial charge in [0.15, 0.2) is 0 Å². The van der Waals surface area contributed by atoms with E-state index in [4.69, 9.17) is 19.2 Å². The molecule has 0 saturated heterocycles. The van der Waals surface area contributed by atoms with Gasteiger partial charge in [-0.15, -0.1) is 0 Å². The minimum Gasteiger partial charge on any atom is 0 e. The van der Waals surface area contributed by atoms with Crippen LogP contribution in [0.2, 0.25) is 0 Å². The Balaban J connectivity index is -0.0000000267. The Labute approximate surface area is 150 Å². The van der Waals surface area contributed by atoms with Crippen molar-refractivity contribution in [3.8, 4) is 0 Å². The average molecular weight is 339 g/mol. The van der Waals surface area contributed by atoms with Crippen molar-refractivity contribution in [2.75, 3.05) is 0 Å². The van der Waals surface area contributed by atoms with E-state index in [9.17, 15) is 0 Å². The maximum Gasteiger partial charge on any atom is 0 e. The standard InChI is InChI=1S/Ca.K.H3O4P.Tb.3H/c;;1-5(2,3)4;;;;/h;;(H3,1,2,3,4);;;;. The van der Waals surface area contributed by atoms with Gasteiger partial charge in [0, 0.05) is 38.6 Å². The first-order valence-corrected chi connectivity index (χ1v) is 2.35. The van der Waals surface area contributed by atoms with Gasteiger partial charge in [0.2, 0.25) is 0 Å². The molecule has 0 unspecified atom stereocenters. The normalized spacial score (nSPS) is 7.38. The SMILES string of the molecule is O=P(O)(O)O.[CaH2].[KH].[Tb]. The molecule has 3 N–H and O–H groups in total. The van der Waals surface area contributed by atoms with Crippen molar-refractivity contribution in [3.63, 3.8) is 0 Å². The molecule has 0 spiro atoms. The Hall–Kier alpha value is 4.29. The Morgan fingerprint density at radius 3 is 1.12 bits per heavy atom. The second-order valence-corrected chi connectivity index (χ2v) is 1.54. The molecule has 0 aromatic rings. The molecule has 0 aromatic heterocycles. The third-order valence-electron chi connectivity index (χ3n) is 0. The maximum absolute atomic E-state index is 8.88. The topological polar surface area (TPSA) is 77.8 Å². The molecule has 4 nitrogen and oxygen atoms in total. The summed E-state index contributed by atoms with van der Waals surface area (Å²) in [5.74, 6) is 0. The van der Waals surface area contributed by atoms with E-state index in [1.54, 1.807) is 0 Å². The van der Waals surface area contributed by atoms with Crippen LogP contribution in [0.25, 0.3) is 0 Å². The number of rotatable bonds is 0. The van der Waals surface area contributed by atoms with Crippen LogP contribution in [0.4, 0.5) is 0 Å². The second-order valence-electron chi connectivity index (χ2n) is 0.513. The van der Waals surface area contributed by atoms with Crippen molar-refractivity contribution in [1.82, 2.24) is 0 Å². The molecule has 0 saturated carbocycles. The van der Waals surface area contributed by atoms with Gasteiger partial charge in [-0.25, -0.2) is 4.57 Å². The average Bonchev–Trinajstić information content (AvgIpc) is 0.722. The first kappa shape index (κ1) is 22.8. The predicted octanol–water partition coefficient (Wildman–Crippen LogP) is -2.49. The summed E-state index contributed by atoms with van der Waals surface area (Å²) in [4.78, 5) is 21.6. The first-order valence-electron chi connectivity index (χ1n) is 0.783. The van der Waals surface area contributed by atoms with Gasteiger partial charge in [-0.05, 0) is 0 Å².